The van der Waals surface area contributed by atoms with Gasteiger partial charge in [-0.2, -0.15) is 0 Å². The molecular weight excluding hydrogens is 172 g/mol. The minimum Gasteiger partial charge on any atom is -0.325 e. The largest absolute Gasteiger partial charge is 0.325 e. The monoisotopic (exact) mass is 196 g/mol. The van der Waals surface area contributed by atoms with Crippen LogP contribution < -0.4 is 11.1 Å². The maximum atomic E-state index is 6.45. The van der Waals surface area contributed by atoms with Gasteiger partial charge in [-0.05, 0) is 38.6 Å². The summed E-state index contributed by atoms with van der Waals surface area (Å²) in [7, 11) is 0. The number of rotatable bonds is 2. The first kappa shape index (κ1) is 10.4. The summed E-state index contributed by atoms with van der Waals surface area (Å²) in [5, 5.41) is 3.61. The summed E-state index contributed by atoms with van der Waals surface area (Å²) in [4.78, 5) is 0. The van der Waals surface area contributed by atoms with Gasteiger partial charge < -0.3 is 11.1 Å². The lowest BCUT2D eigenvalue weighted by Gasteiger charge is -2.38. The van der Waals surface area contributed by atoms with E-state index in [2.05, 4.69) is 5.32 Å². The van der Waals surface area contributed by atoms with Crippen LogP contribution in [0.5, 0.6) is 0 Å². The van der Waals surface area contributed by atoms with Gasteiger partial charge in [0.15, 0.2) is 0 Å². The molecule has 1 unspecified atom stereocenters. The van der Waals surface area contributed by atoms with Gasteiger partial charge in [-0.3, -0.25) is 0 Å². The molecule has 0 aromatic rings. The van der Waals surface area contributed by atoms with Crippen molar-refractivity contribution in [2.24, 2.45) is 5.73 Å². The van der Waals surface area contributed by atoms with Gasteiger partial charge in [0, 0.05) is 11.6 Å². The first-order valence-electron chi connectivity index (χ1n) is 6.31. The van der Waals surface area contributed by atoms with Gasteiger partial charge in [0.05, 0.1) is 0 Å². The lowest BCUT2D eigenvalue weighted by Crippen LogP contribution is -2.48. The van der Waals surface area contributed by atoms with Crippen LogP contribution in [0.15, 0.2) is 0 Å². The predicted molar refractivity (Wildman–Crippen MR) is 60.3 cm³/mol. The minimum absolute atomic E-state index is 0.174. The van der Waals surface area contributed by atoms with Crippen LogP contribution >= 0.6 is 0 Å². The molecule has 0 aromatic heterocycles. The van der Waals surface area contributed by atoms with Gasteiger partial charge in [-0.25, -0.2) is 0 Å². The van der Waals surface area contributed by atoms with Crippen molar-refractivity contribution in [1.29, 1.82) is 0 Å². The molecule has 0 amide bonds. The summed E-state index contributed by atoms with van der Waals surface area (Å²) >= 11 is 0. The van der Waals surface area contributed by atoms with E-state index in [1.54, 1.807) is 0 Å². The van der Waals surface area contributed by atoms with E-state index in [9.17, 15) is 0 Å². The van der Waals surface area contributed by atoms with E-state index in [1.807, 2.05) is 0 Å². The Labute approximate surface area is 87.6 Å². The minimum atomic E-state index is 0.174. The highest BCUT2D eigenvalue weighted by atomic mass is 14.9. The molecule has 0 spiro atoms. The summed E-state index contributed by atoms with van der Waals surface area (Å²) in [5.41, 5.74) is 6.62. The fraction of sp³-hybridized carbons (Fsp3) is 1.00. The number of nitrogens with two attached hydrogens (primary N) is 1. The normalized spacial score (nSPS) is 32.8. The molecule has 0 radical (unpaired) electrons. The second-order valence-electron chi connectivity index (χ2n) is 5.27. The topological polar surface area (TPSA) is 38.0 Å². The Bertz CT molecular complexity index is 167. The Balaban J connectivity index is 1.81. The first-order valence-corrected chi connectivity index (χ1v) is 6.31. The Morgan fingerprint density at radius 3 is 2.50 bits per heavy atom. The smallest absolute Gasteiger partial charge is 0.0169 e. The molecule has 3 N–H and O–H groups in total. The summed E-state index contributed by atoms with van der Waals surface area (Å²) in [6.45, 7) is 1.21. The second kappa shape index (κ2) is 4.63. The molecule has 2 nitrogen and oxygen atoms in total. The Morgan fingerprint density at radius 1 is 1.07 bits per heavy atom. The molecule has 1 aliphatic carbocycles. The highest BCUT2D eigenvalue weighted by Gasteiger charge is 2.30. The van der Waals surface area contributed by atoms with Gasteiger partial charge in [-0.15, -0.1) is 0 Å². The average molecular weight is 196 g/mol. The van der Waals surface area contributed by atoms with Crippen LogP contribution in [0.2, 0.25) is 0 Å². The molecule has 0 bridgehead atoms. The Morgan fingerprint density at radius 2 is 1.86 bits per heavy atom. The summed E-state index contributed by atoms with van der Waals surface area (Å²) in [6.07, 6.45) is 11.9. The molecule has 14 heavy (non-hydrogen) atoms. The van der Waals surface area contributed by atoms with E-state index < -0.39 is 0 Å². The van der Waals surface area contributed by atoms with Crippen LogP contribution in [0.25, 0.3) is 0 Å². The van der Waals surface area contributed by atoms with Crippen molar-refractivity contribution >= 4 is 0 Å². The second-order valence-corrected chi connectivity index (χ2v) is 5.27. The summed E-state index contributed by atoms with van der Waals surface area (Å²) < 4.78 is 0. The lowest BCUT2D eigenvalue weighted by atomic mass is 9.77. The third kappa shape index (κ3) is 2.71. The molecule has 82 valence electrons. The van der Waals surface area contributed by atoms with Gasteiger partial charge in [-0.1, -0.05) is 25.7 Å². The van der Waals surface area contributed by atoms with Crippen molar-refractivity contribution < 1.29 is 0 Å². The van der Waals surface area contributed by atoms with Crippen molar-refractivity contribution in [2.45, 2.75) is 69.4 Å². The molecule has 1 saturated heterocycles. The fourth-order valence-electron chi connectivity index (χ4n) is 3.05. The lowest BCUT2D eigenvalue weighted by molar-refractivity contribution is 0.230. The number of hydrogen-bond acceptors (Lipinski definition) is 2. The maximum absolute atomic E-state index is 6.45. The van der Waals surface area contributed by atoms with E-state index in [4.69, 9.17) is 5.73 Å². The standard InChI is InChI=1S/C12H24N2/c13-12(7-3-1-4-8-12)10-11-6-2-5-9-14-11/h11,14H,1-10,13H2. The fourth-order valence-corrected chi connectivity index (χ4v) is 3.05. The summed E-state index contributed by atoms with van der Waals surface area (Å²) in [5.74, 6) is 0. The van der Waals surface area contributed by atoms with Crippen LogP contribution in [-0.4, -0.2) is 18.1 Å². The molecule has 0 aromatic carbocycles. The molecule has 2 rings (SSSR count). The molecule has 1 aliphatic heterocycles. The van der Waals surface area contributed by atoms with Crippen molar-refractivity contribution in [3.05, 3.63) is 0 Å². The van der Waals surface area contributed by atoms with Crippen molar-refractivity contribution in [3.63, 3.8) is 0 Å². The highest BCUT2D eigenvalue weighted by Crippen LogP contribution is 2.31. The van der Waals surface area contributed by atoms with Crippen LogP contribution in [0.1, 0.15) is 57.8 Å². The van der Waals surface area contributed by atoms with E-state index in [0.29, 0.717) is 6.04 Å². The van der Waals surface area contributed by atoms with Crippen LogP contribution in [0.3, 0.4) is 0 Å². The van der Waals surface area contributed by atoms with Crippen LogP contribution in [-0.2, 0) is 0 Å². The predicted octanol–water partition coefficient (Wildman–Crippen LogP) is 2.18. The van der Waals surface area contributed by atoms with Crippen molar-refractivity contribution in [3.8, 4) is 0 Å². The number of piperidine rings is 1. The van der Waals surface area contributed by atoms with E-state index in [1.165, 1.54) is 64.3 Å². The third-order valence-corrected chi connectivity index (χ3v) is 3.91. The van der Waals surface area contributed by atoms with Crippen LogP contribution in [0, 0.1) is 0 Å². The Kier molecular flexibility index (Phi) is 3.45. The average Bonchev–Trinajstić information content (AvgIpc) is 2.19. The quantitative estimate of drug-likeness (QED) is 0.710. The SMILES string of the molecule is NC1(CC2CCCCN2)CCCCC1. The summed E-state index contributed by atoms with van der Waals surface area (Å²) in [6, 6.07) is 0.715. The molecule has 2 aliphatic rings. The molecular formula is C12H24N2. The zero-order valence-corrected chi connectivity index (χ0v) is 9.23. The van der Waals surface area contributed by atoms with E-state index in [0.717, 1.165) is 0 Å². The third-order valence-electron chi connectivity index (χ3n) is 3.91. The van der Waals surface area contributed by atoms with Crippen LogP contribution in [0.4, 0.5) is 0 Å². The van der Waals surface area contributed by atoms with Gasteiger partial charge in [0.1, 0.15) is 0 Å². The van der Waals surface area contributed by atoms with Crippen molar-refractivity contribution in [2.75, 3.05) is 6.54 Å². The molecule has 2 fully saturated rings. The van der Waals surface area contributed by atoms with Gasteiger partial charge in [0.25, 0.3) is 0 Å². The molecule has 1 saturated carbocycles. The zero-order valence-electron chi connectivity index (χ0n) is 9.23. The van der Waals surface area contributed by atoms with Gasteiger partial charge >= 0.3 is 0 Å². The zero-order chi connectivity index (χ0) is 9.86. The number of hydrogen-bond donors (Lipinski definition) is 2. The molecule has 1 atom stereocenters. The molecule has 1 heterocycles. The van der Waals surface area contributed by atoms with E-state index >= 15 is 0 Å². The highest BCUT2D eigenvalue weighted by molar-refractivity contribution is 4.92. The van der Waals surface area contributed by atoms with Crippen molar-refractivity contribution in [1.82, 2.24) is 5.32 Å². The first-order chi connectivity index (χ1) is 6.79. The number of nitrogens with one attached hydrogen (secondary N) is 1. The van der Waals surface area contributed by atoms with E-state index in [-0.39, 0.29) is 5.54 Å². The molecule has 2 heteroatoms. The Hall–Kier alpha value is -0.0800. The maximum Gasteiger partial charge on any atom is 0.0169 e. The van der Waals surface area contributed by atoms with Gasteiger partial charge in [0.2, 0.25) is 0 Å².